The van der Waals surface area contributed by atoms with E-state index >= 15 is 0 Å². The minimum Gasteiger partial charge on any atom is -0.376 e. The molecule has 1 aliphatic heterocycles. The fourth-order valence-electron chi connectivity index (χ4n) is 5.84. The topological polar surface area (TPSA) is 38.3 Å². The highest BCUT2D eigenvalue weighted by molar-refractivity contribution is 5.83. The number of rotatable bonds is 3. The summed E-state index contributed by atoms with van der Waals surface area (Å²) in [5.41, 5.74) is -0.0123. The van der Waals surface area contributed by atoms with Gasteiger partial charge in [-0.3, -0.25) is 4.79 Å². The van der Waals surface area contributed by atoms with Crippen LogP contribution in [0.15, 0.2) is 0 Å². The SMILES string of the molecule is C[C@H](NC(=O)C12CC3CC(CC(C3)C1)C2)[C@@H]1CCCO1. The van der Waals surface area contributed by atoms with Crippen LogP contribution in [0.4, 0.5) is 0 Å². The number of hydrogen-bond acceptors (Lipinski definition) is 2. The monoisotopic (exact) mass is 277 g/mol. The summed E-state index contributed by atoms with van der Waals surface area (Å²) >= 11 is 0. The van der Waals surface area contributed by atoms with Crippen molar-refractivity contribution in [2.24, 2.45) is 23.2 Å². The van der Waals surface area contributed by atoms with Crippen molar-refractivity contribution >= 4 is 5.91 Å². The highest BCUT2D eigenvalue weighted by Gasteiger charge is 2.54. The fraction of sp³-hybridized carbons (Fsp3) is 0.941. The second kappa shape index (κ2) is 4.72. The van der Waals surface area contributed by atoms with Gasteiger partial charge in [0.25, 0.3) is 0 Å². The third-order valence-electron chi connectivity index (χ3n) is 6.40. The summed E-state index contributed by atoms with van der Waals surface area (Å²) in [4.78, 5) is 12.9. The Kier molecular flexibility index (Phi) is 3.10. The Hall–Kier alpha value is -0.570. The number of hydrogen-bond donors (Lipinski definition) is 1. The van der Waals surface area contributed by atoms with Gasteiger partial charge in [0.15, 0.2) is 0 Å². The lowest BCUT2D eigenvalue weighted by atomic mass is 9.49. The molecule has 0 spiro atoms. The largest absolute Gasteiger partial charge is 0.376 e. The first-order chi connectivity index (χ1) is 9.64. The molecule has 3 heteroatoms. The zero-order chi connectivity index (χ0) is 13.7. The predicted molar refractivity (Wildman–Crippen MR) is 77.2 cm³/mol. The van der Waals surface area contributed by atoms with Crippen molar-refractivity contribution in [2.45, 2.75) is 70.4 Å². The Morgan fingerprint density at radius 1 is 1.15 bits per heavy atom. The Labute approximate surface area is 121 Å². The highest BCUT2D eigenvalue weighted by atomic mass is 16.5. The lowest BCUT2D eigenvalue weighted by molar-refractivity contribution is -0.147. The first-order valence-corrected chi connectivity index (χ1v) is 8.57. The first kappa shape index (κ1) is 13.1. The van der Waals surface area contributed by atoms with Crippen molar-refractivity contribution in [3.8, 4) is 0 Å². The number of ether oxygens (including phenoxy) is 1. The molecule has 4 bridgehead atoms. The van der Waals surface area contributed by atoms with Crippen molar-refractivity contribution in [1.82, 2.24) is 5.32 Å². The van der Waals surface area contributed by atoms with Gasteiger partial charge in [0, 0.05) is 12.0 Å². The van der Waals surface area contributed by atoms with Gasteiger partial charge >= 0.3 is 0 Å². The summed E-state index contributed by atoms with van der Waals surface area (Å²) in [6.07, 6.45) is 10.1. The van der Waals surface area contributed by atoms with E-state index in [0.717, 1.165) is 56.5 Å². The van der Waals surface area contributed by atoms with Crippen LogP contribution in [0.3, 0.4) is 0 Å². The predicted octanol–water partition coefficient (Wildman–Crippen LogP) is 2.89. The quantitative estimate of drug-likeness (QED) is 0.861. The molecule has 20 heavy (non-hydrogen) atoms. The third kappa shape index (κ3) is 2.09. The second-order valence-electron chi connectivity index (χ2n) is 8.01. The molecule has 0 aromatic rings. The van der Waals surface area contributed by atoms with Gasteiger partial charge in [-0.1, -0.05) is 0 Å². The van der Waals surface area contributed by atoms with Gasteiger partial charge in [-0.25, -0.2) is 0 Å². The van der Waals surface area contributed by atoms with E-state index < -0.39 is 0 Å². The Balaban J connectivity index is 1.45. The summed E-state index contributed by atoms with van der Waals surface area (Å²) in [6.45, 7) is 2.98. The average Bonchev–Trinajstić information content (AvgIpc) is 2.90. The van der Waals surface area contributed by atoms with Crippen LogP contribution in [0.2, 0.25) is 0 Å². The molecule has 1 amide bonds. The van der Waals surface area contributed by atoms with Gasteiger partial charge in [0.05, 0.1) is 12.1 Å². The maximum Gasteiger partial charge on any atom is 0.226 e. The standard InChI is InChI=1S/C17H27NO2/c1-11(15-3-2-4-20-15)18-16(19)17-8-12-5-13(9-17)7-14(6-12)10-17/h11-15H,2-10H2,1H3,(H,18,19)/t11-,12?,13?,14?,15-,17?/m0/s1. The van der Waals surface area contributed by atoms with E-state index in [9.17, 15) is 4.79 Å². The Bertz CT molecular complexity index is 365. The molecule has 0 radical (unpaired) electrons. The van der Waals surface area contributed by atoms with E-state index in [1.54, 1.807) is 0 Å². The molecule has 4 aliphatic carbocycles. The van der Waals surface area contributed by atoms with Crippen molar-refractivity contribution in [2.75, 3.05) is 6.61 Å². The number of carbonyl (C=O) groups is 1. The van der Waals surface area contributed by atoms with E-state index in [0.29, 0.717) is 5.91 Å². The number of amides is 1. The lowest BCUT2D eigenvalue weighted by Gasteiger charge is -2.55. The second-order valence-corrected chi connectivity index (χ2v) is 8.01. The summed E-state index contributed by atoms with van der Waals surface area (Å²) in [6, 6.07) is 0.179. The van der Waals surface area contributed by atoms with Crippen molar-refractivity contribution in [3.63, 3.8) is 0 Å². The summed E-state index contributed by atoms with van der Waals surface area (Å²) in [5.74, 6) is 2.86. The fourth-order valence-corrected chi connectivity index (χ4v) is 5.84. The Morgan fingerprint density at radius 2 is 1.75 bits per heavy atom. The molecule has 5 aliphatic rings. The molecule has 1 saturated heterocycles. The summed E-state index contributed by atoms with van der Waals surface area (Å²) in [7, 11) is 0. The molecule has 2 atom stereocenters. The molecular weight excluding hydrogens is 250 g/mol. The lowest BCUT2D eigenvalue weighted by Crippen LogP contribution is -2.56. The molecule has 0 aromatic carbocycles. The van der Waals surface area contributed by atoms with Crippen LogP contribution in [-0.4, -0.2) is 24.7 Å². The van der Waals surface area contributed by atoms with Crippen molar-refractivity contribution in [3.05, 3.63) is 0 Å². The summed E-state index contributed by atoms with van der Waals surface area (Å²) < 4.78 is 5.72. The van der Waals surface area contributed by atoms with Gasteiger partial charge < -0.3 is 10.1 Å². The van der Waals surface area contributed by atoms with Crippen LogP contribution in [-0.2, 0) is 9.53 Å². The van der Waals surface area contributed by atoms with Gasteiger partial charge in [0.2, 0.25) is 5.91 Å². The Morgan fingerprint density at radius 3 is 2.25 bits per heavy atom. The molecule has 1 heterocycles. The molecule has 3 nitrogen and oxygen atoms in total. The van der Waals surface area contributed by atoms with Crippen molar-refractivity contribution in [1.29, 1.82) is 0 Å². The number of carbonyl (C=O) groups excluding carboxylic acids is 1. The van der Waals surface area contributed by atoms with Gasteiger partial charge in [-0.15, -0.1) is 0 Å². The minimum absolute atomic E-state index is 0.0123. The molecule has 0 aromatic heterocycles. The van der Waals surface area contributed by atoms with Crippen LogP contribution in [0.25, 0.3) is 0 Å². The maximum absolute atomic E-state index is 12.9. The van der Waals surface area contributed by atoms with Crippen LogP contribution < -0.4 is 5.32 Å². The van der Waals surface area contributed by atoms with E-state index in [2.05, 4.69) is 12.2 Å². The molecular formula is C17H27NO2. The highest BCUT2D eigenvalue weighted by Crippen LogP contribution is 2.60. The van der Waals surface area contributed by atoms with E-state index in [1.165, 1.54) is 19.3 Å². The molecule has 0 unspecified atom stereocenters. The zero-order valence-electron chi connectivity index (χ0n) is 12.6. The van der Waals surface area contributed by atoms with E-state index in [4.69, 9.17) is 4.74 Å². The van der Waals surface area contributed by atoms with Gasteiger partial charge in [-0.05, 0) is 76.0 Å². The molecule has 1 N–H and O–H groups in total. The smallest absolute Gasteiger partial charge is 0.226 e. The van der Waals surface area contributed by atoms with Crippen LogP contribution in [0, 0.1) is 23.2 Å². The molecule has 5 rings (SSSR count). The maximum atomic E-state index is 12.9. The number of nitrogens with one attached hydrogen (secondary N) is 1. The van der Waals surface area contributed by atoms with Crippen LogP contribution in [0.5, 0.6) is 0 Å². The first-order valence-electron chi connectivity index (χ1n) is 8.57. The van der Waals surface area contributed by atoms with Gasteiger partial charge in [0.1, 0.15) is 0 Å². The summed E-state index contributed by atoms with van der Waals surface area (Å²) in [5, 5.41) is 3.31. The van der Waals surface area contributed by atoms with E-state index in [-0.39, 0.29) is 17.6 Å². The minimum atomic E-state index is -0.0123. The van der Waals surface area contributed by atoms with Crippen LogP contribution >= 0.6 is 0 Å². The third-order valence-corrected chi connectivity index (χ3v) is 6.40. The molecule has 4 saturated carbocycles. The average molecular weight is 277 g/mol. The van der Waals surface area contributed by atoms with E-state index in [1.807, 2.05) is 0 Å². The van der Waals surface area contributed by atoms with Crippen molar-refractivity contribution < 1.29 is 9.53 Å². The molecule has 5 fully saturated rings. The zero-order valence-corrected chi connectivity index (χ0v) is 12.6. The van der Waals surface area contributed by atoms with Gasteiger partial charge in [-0.2, -0.15) is 0 Å². The van der Waals surface area contributed by atoms with Crippen LogP contribution in [0.1, 0.15) is 58.3 Å². The molecule has 112 valence electrons. The normalized spacial score (nSPS) is 47.5.